The average Bonchev–Trinajstić information content (AvgIpc) is 2.95. The Bertz CT molecular complexity index is 1350. The van der Waals surface area contributed by atoms with E-state index in [1.807, 2.05) is 0 Å². The second-order valence-corrected chi connectivity index (χ2v) is 13.5. The van der Waals surface area contributed by atoms with Gasteiger partial charge in [0.25, 0.3) is 0 Å². The summed E-state index contributed by atoms with van der Waals surface area (Å²) in [6, 6.07) is 4.43. The minimum Gasteiger partial charge on any atom is -0.505 e. The van der Waals surface area contributed by atoms with Gasteiger partial charge in [-0.05, 0) is 49.5 Å². The van der Waals surface area contributed by atoms with Crippen molar-refractivity contribution in [2.24, 2.45) is 10.2 Å². The van der Waals surface area contributed by atoms with Crippen molar-refractivity contribution in [3.05, 3.63) is 36.0 Å². The smallest absolute Gasteiger partial charge is 0.348 e. The Hall–Kier alpha value is -2.75. The first-order valence-corrected chi connectivity index (χ1v) is 14.6. The van der Waals surface area contributed by atoms with Crippen LogP contribution in [0.15, 0.2) is 29.5 Å². The van der Waals surface area contributed by atoms with E-state index in [-0.39, 0.29) is 46.0 Å². The van der Waals surface area contributed by atoms with E-state index in [1.54, 1.807) is 18.4 Å². The van der Waals surface area contributed by atoms with Crippen LogP contribution in [0.3, 0.4) is 0 Å². The summed E-state index contributed by atoms with van der Waals surface area (Å²) in [6.45, 7) is 14.0. The number of fused-ring (bicyclic) bond motifs is 1. The highest BCUT2D eigenvalue weighted by Gasteiger charge is 2.37. The summed E-state index contributed by atoms with van der Waals surface area (Å²) >= 11 is 0. The first kappa shape index (κ1) is 26.8. The summed E-state index contributed by atoms with van der Waals surface area (Å²) < 4.78 is 50.9. The van der Waals surface area contributed by atoms with Crippen LogP contribution in [0.1, 0.15) is 52.3 Å². The first-order chi connectivity index (χ1) is 16.1. The Morgan fingerprint density at radius 1 is 1.31 bits per heavy atom. The van der Waals surface area contributed by atoms with Crippen LogP contribution in [0.25, 0.3) is 5.57 Å². The number of nitrogens with one attached hydrogen (secondary N) is 2. The topological polar surface area (TPSA) is 142 Å². The van der Waals surface area contributed by atoms with Crippen molar-refractivity contribution in [1.29, 1.82) is 0 Å². The van der Waals surface area contributed by atoms with Crippen molar-refractivity contribution in [1.82, 2.24) is 4.57 Å². The third-order valence-electron chi connectivity index (χ3n) is 5.33. The fourth-order valence-corrected chi connectivity index (χ4v) is 6.14. The van der Waals surface area contributed by atoms with Crippen LogP contribution in [0.4, 0.5) is 11.4 Å². The maximum absolute atomic E-state index is 13.8. The van der Waals surface area contributed by atoms with Crippen molar-refractivity contribution in [2.75, 3.05) is 22.9 Å². The summed E-state index contributed by atoms with van der Waals surface area (Å²) in [4.78, 5) is 0. The number of anilines is 2. The standard InChI is InChI=1S/C23H33N4O6PS/c1-8-33-34(30)17-13-15(26-35(7,31)32)9-10-16(17)24-21(25-34)18-20(28)19(14(2)3)27(22(18)29)12-11-23(4,5)6/h9-10,13,26,28-29H,2,8,11-12H2,1,3-7H3,(H,24,25,30). The third kappa shape index (κ3) is 5.74. The molecular formula is C23H33N4O6PS. The van der Waals surface area contributed by atoms with Gasteiger partial charge in [0.05, 0.1) is 29.5 Å². The average molecular weight is 525 g/mol. The van der Waals surface area contributed by atoms with E-state index >= 15 is 0 Å². The molecule has 0 saturated carbocycles. The summed E-state index contributed by atoms with van der Waals surface area (Å²) in [7, 11) is -7.45. The zero-order valence-corrected chi connectivity index (χ0v) is 22.5. The predicted molar refractivity (Wildman–Crippen MR) is 140 cm³/mol. The van der Waals surface area contributed by atoms with Crippen LogP contribution in [0.2, 0.25) is 0 Å². The van der Waals surface area contributed by atoms with Crippen LogP contribution < -0.4 is 15.3 Å². The molecule has 12 heteroatoms. The highest BCUT2D eigenvalue weighted by atomic mass is 32.2. The number of hydrogen-bond acceptors (Lipinski definition) is 7. The molecular weight excluding hydrogens is 491 g/mol. The molecule has 0 fully saturated rings. The molecule has 0 saturated heterocycles. The van der Waals surface area contributed by atoms with Gasteiger partial charge in [-0.15, -0.1) is 0 Å². The summed E-state index contributed by atoms with van der Waals surface area (Å²) in [5, 5.41) is 25.4. The molecule has 4 N–H and O–H groups in total. The maximum Gasteiger partial charge on any atom is 0.348 e. The Morgan fingerprint density at radius 3 is 2.51 bits per heavy atom. The van der Waals surface area contributed by atoms with E-state index in [0.717, 1.165) is 6.26 Å². The highest BCUT2D eigenvalue weighted by Crippen LogP contribution is 2.53. The van der Waals surface area contributed by atoms with Gasteiger partial charge in [0, 0.05) is 12.2 Å². The van der Waals surface area contributed by atoms with Gasteiger partial charge in [-0.2, -0.15) is 4.76 Å². The maximum atomic E-state index is 13.8. The molecule has 35 heavy (non-hydrogen) atoms. The number of aromatic hydroxyl groups is 2. The van der Waals surface area contributed by atoms with Gasteiger partial charge in [-0.1, -0.05) is 27.4 Å². The fraction of sp³-hybridized carbons (Fsp3) is 0.435. The van der Waals surface area contributed by atoms with Crippen LogP contribution in [0.5, 0.6) is 11.6 Å². The van der Waals surface area contributed by atoms with Crippen molar-refractivity contribution in [3.8, 4) is 11.6 Å². The molecule has 10 nitrogen and oxygen atoms in total. The van der Waals surface area contributed by atoms with Crippen LogP contribution in [0, 0.1) is 5.41 Å². The summed E-state index contributed by atoms with van der Waals surface area (Å²) in [5.74, 6) is -0.500. The lowest BCUT2D eigenvalue weighted by molar-refractivity contribution is 0.330. The van der Waals surface area contributed by atoms with Crippen molar-refractivity contribution in [3.63, 3.8) is 0 Å². The molecule has 0 spiro atoms. The van der Waals surface area contributed by atoms with Crippen molar-refractivity contribution < 1.29 is 27.7 Å². The number of hydrogen-bond donors (Lipinski definition) is 4. The molecule has 1 aromatic carbocycles. The van der Waals surface area contributed by atoms with Gasteiger partial charge in [0.2, 0.25) is 15.9 Å². The molecule has 192 valence electrons. The lowest BCUT2D eigenvalue weighted by Gasteiger charge is -2.25. The molecule has 0 bridgehead atoms. The quantitative estimate of drug-likeness (QED) is 0.373. The number of sulfonamides is 1. The van der Waals surface area contributed by atoms with E-state index in [4.69, 9.17) is 4.52 Å². The normalized spacial score (nSPS) is 17.9. The first-order valence-electron chi connectivity index (χ1n) is 11.1. The molecule has 2 heterocycles. The highest BCUT2D eigenvalue weighted by molar-refractivity contribution is 7.92. The van der Waals surface area contributed by atoms with E-state index in [1.165, 1.54) is 18.2 Å². The van der Waals surface area contributed by atoms with E-state index < -0.39 is 17.5 Å². The molecule has 0 aliphatic carbocycles. The Kier molecular flexibility index (Phi) is 7.19. The van der Waals surface area contributed by atoms with E-state index in [9.17, 15) is 23.2 Å². The van der Waals surface area contributed by atoms with Gasteiger partial charge in [0.1, 0.15) is 5.56 Å². The molecule has 1 unspecified atom stereocenters. The van der Waals surface area contributed by atoms with Crippen LogP contribution in [-0.4, -0.2) is 41.9 Å². The Morgan fingerprint density at radius 2 is 1.97 bits per heavy atom. The SMILES string of the molecule is C=C(C)c1c(O)c(C2=NP(=O)(OCC)c3cc(NS(C)(=O)=O)ccc3N2)c(O)n1CCC(C)(C)C. The molecule has 0 radical (unpaired) electrons. The minimum absolute atomic E-state index is 0.0131. The lowest BCUT2D eigenvalue weighted by atomic mass is 9.92. The molecule has 3 rings (SSSR count). The Labute approximate surface area is 206 Å². The number of nitrogens with zero attached hydrogens (tertiary/aromatic N) is 2. The lowest BCUT2D eigenvalue weighted by Crippen LogP contribution is -2.26. The molecule has 1 aromatic heterocycles. The molecule has 1 aliphatic heterocycles. The monoisotopic (exact) mass is 524 g/mol. The summed E-state index contributed by atoms with van der Waals surface area (Å²) in [6.07, 6.45) is 1.73. The number of benzene rings is 1. The molecule has 2 aromatic rings. The Balaban J connectivity index is 2.17. The zero-order chi connectivity index (χ0) is 26.3. The van der Waals surface area contributed by atoms with Gasteiger partial charge in [-0.3, -0.25) is 9.29 Å². The fourth-order valence-electron chi connectivity index (χ4n) is 3.78. The molecule has 0 amide bonds. The largest absolute Gasteiger partial charge is 0.505 e. The van der Waals surface area contributed by atoms with Gasteiger partial charge in [0.15, 0.2) is 11.6 Å². The molecule has 1 aliphatic rings. The number of aromatic nitrogens is 1. The predicted octanol–water partition coefficient (Wildman–Crippen LogP) is 4.47. The second kappa shape index (κ2) is 9.37. The van der Waals surface area contributed by atoms with Crippen LogP contribution in [-0.2, 0) is 25.7 Å². The number of allylic oxidation sites excluding steroid dienone is 1. The van der Waals surface area contributed by atoms with Gasteiger partial charge >= 0.3 is 7.52 Å². The van der Waals surface area contributed by atoms with Crippen molar-refractivity contribution >= 4 is 45.6 Å². The third-order valence-corrected chi connectivity index (χ3v) is 7.99. The zero-order valence-electron chi connectivity index (χ0n) is 20.8. The van der Waals surface area contributed by atoms with E-state index in [2.05, 4.69) is 42.2 Å². The van der Waals surface area contributed by atoms with Crippen molar-refractivity contribution in [2.45, 2.75) is 47.6 Å². The number of amidine groups is 1. The number of rotatable bonds is 8. The summed E-state index contributed by atoms with van der Waals surface area (Å²) in [5.41, 5.74) is 1.41. The molecule has 1 atom stereocenters. The van der Waals surface area contributed by atoms with Crippen LogP contribution >= 0.6 is 7.52 Å². The second-order valence-electron chi connectivity index (χ2n) is 9.76. The van der Waals surface area contributed by atoms with Gasteiger partial charge in [-0.25, -0.2) is 8.42 Å². The van der Waals surface area contributed by atoms with E-state index in [0.29, 0.717) is 29.9 Å². The van der Waals surface area contributed by atoms with Gasteiger partial charge < -0.3 is 24.6 Å². The minimum atomic E-state index is -3.89.